The van der Waals surface area contributed by atoms with E-state index in [1.807, 2.05) is 0 Å². The molecule has 1 aliphatic carbocycles. The predicted molar refractivity (Wildman–Crippen MR) is 64.1 cm³/mol. The van der Waals surface area contributed by atoms with Crippen LogP contribution in [0.15, 0.2) is 0 Å². The number of carbonyl (C=O) groups is 2. The highest BCUT2D eigenvalue weighted by atomic mass is 32.2. The molecule has 120 valence electrons. The minimum absolute atomic E-state index is 0.381. The van der Waals surface area contributed by atoms with Crippen LogP contribution >= 0.6 is 0 Å². The van der Waals surface area contributed by atoms with E-state index in [2.05, 4.69) is 0 Å². The topological polar surface area (TPSA) is 91.8 Å². The molecule has 0 spiro atoms. The molecule has 21 heavy (non-hydrogen) atoms. The Morgan fingerprint density at radius 3 is 2.14 bits per heavy atom. The van der Waals surface area contributed by atoms with E-state index in [9.17, 15) is 31.2 Å². The molecule has 6 nitrogen and oxygen atoms in total. The first-order chi connectivity index (χ1) is 9.40. The maximum atomic E-state index is 12.9. The van der Waals surface area contributed by atoms with E-state index in [1.54, 1.807) is 0 Å². The lowest BCUT2D eigenvalue weighted by atomic mass is 10.0. The van der Waals surface area contributed by atoms with Gasteiger partial charge in [-0.15, -0.1) is 0 Å². The largest absolute Gasteiger partial charge is 0.480 e. The van der Waals surface area contributed by atoms with Gasteiger partial charge in [0.1, 0.15) is 11.5 Å². The number of hydrogen-bond donors (Lipinski definition) is 1. The van der Waals surface area contributed by atoms with Crippen LogP contribution in [-0.2, 0) is 19.4 Å². The molecule has 2 rings (SSSR count). The van der Waals surface area contributed by atoms with Gasteiger partial charge in [-0.25, -0.2) is 13.2 Å². The first-order valence-corrected chi connectivity index (χ1v) is 8.15. The Kier molecular flexibility index (Phi) is 3.51. The molecule has 1 saturated carbocycles. The molecule has 1 saturated heterocycles. The summed E-state index contributed by atoms with van der Waals surface area (Å²) in [5, 5.41) is 7.89. The molecular formula is C11H14F3NO5S. The van der Waals surface area contributed by atoms with E-state index < -0.39 is 51.1 Å². The van der Waals surface area contributed by atoms with Gasteiger partial charge in [-0.1, -0.05) is 0 Å². The number of carboxylic acid groups (broad SMARTS) is 1. The predicted octanol–water partition coefficient (Wildman–Crippen LogP) is 0.428. The van der Waals surface area contributed by atoms with Gasteiger partial charge in [0.25, 0.3) is 0 Å². The first-order valence-electron chi connectivity index (χ1n) is 6.19. The van der Waals surface area contributed by atoms with Crippen molar-refractivity contribution in [2.45, 2.75) is 36.7 Å². The molecule has 2 fully saturated rings. The molecular weight excluding hydrogens is 315 g/mol. The van der Waals surface area contributed by atoms with Gasteiger partial charge in [0.2, 0.25) is 5.91 Å². The number of nitrogens with zero attached hydrogens (tertiary/aromatic N) is 1. The van der Waals surface area contributed by atoms with Crippen molar-refractivity contribution < 1.29 is 36.3 Å². The number of halogens is 3. The zero-order chi connectivity index (χ0) is 16.2. The number of rotatable bonds is 3. The summed E-state index contributed by atoms with van der Waals surface area (Å²) >= 11 is 0. The van der Waals surface area contributed by atoms with Crippen LogP contribution in [0.3, 0.4) is 0 Å². The average Bonchev–Trinajstić information content (AvgIpc) is 2.98. The van der Waals surface area contributed by atoms with Crippen LogP contribution in [0.2, 0.25) is 0 Å². The molecule has 0 radical (unpaired) electrons. The molecule has 0 aromatic rings. The van der Waals surface area contributed by atoms with Gasteiger partial charge in [-0.05, 0) is 19.3 Å². The Morgan fingerprint density at radius 2 is 1.81 bits per heavy atom. The lowest BCUT2D eigenvalue weighted by molar-refractivity contribution is -0.199. The molecule has 0 aromatic carbocycles. The van der Waals surface area contributed by atoms with Gasteiger partial charge in [0.15, 0.2) is 9.84 Å². The first kappa shape index (κ1) is 16.1. The number of sulfone groups is 1. The van der Waals surface area contributed by atoms with Crippen molar-refractivity contribution in [3.05, 3.63) is 0 Å². The summed E-state index contributed by atoms with van der Waals surface area (Å²) < 4.78 is 61.8. The van der Waals surface area contributed by atoms with Gasteiger partial charge in [0.05, 0.1) is 5.25 Å². The summed E-state index contributed by atoms with van der Waals surface area (Å²) in [5.41, 5.74) is -2.53. The summed E-state index contributed by atoms with van der Waals surface area (Å²) in [5.74, 6) is -2.82. The van der Waals surface area contributed by atoms with Gasteiger partial charge in [0, 0.05) is 12.8 Å². The monoisotopic (exact) mass is 329 g/mol. The van der Waals surface area contributed by atoms with Crippen molar-refractivity contribution in [3.63, 3.8) is 0 Å². The molecule has 0 aromatic heterocycles. The lowest BCUT2D eigenvalue weighted by Crippen LogP contribution is -2.48. The molecule has 1 heterocycles. The molecule has 2 aliphatic rings. The second-order valence-electron chi connectivity index (χ2n) is 5.58. The fourth-order valence-electron chi connectivity index (χ4n) is 2.58. The zero-order valence-corrected chi connectivity index (χ0v) is 11.9. The molecule has 1 amide bonds. The minimum Gasteiger partial charge on any atom is -0.480 e. The second-order valence-corrected chi connectivity index (χ2v) is 7.90. The van der Waals surface area contributed by atoms with Crippen molar-refractivity contribution >= 4 is 21.7 Å². The van der Waals surface area contributed by atoms with Crippen molar-refractivity contribution in [2.24, 2.45) is 5.41 Å². The number of likely N-dealkylation sites (tertiary alicyclic amines) is 1. The Morgan fingerprint density at radius 1 is 1.29 bits per heavy atom. The normalized spacial score (nSPS) is 28.5. The van der Waals surface area contributed by atoms with E-state index in [1.165, 1.54) is 0 Å². The maximum Gasteiger partial charge on any atom is 0.403 e. The lowest BCUT2D eigenvalue weighted by Gasteiger charge is -2.27. The summed E-state index contributed by atoms with van der Waals surface area (Å²) in [7, 11) is -3.63. The molecule has 1 N–H and O–H groups in total. The van der Waals surface area contributed by atoms with Crippen molar-refractivity contribution in [1.29, 1.82) is 0 Å². The number of aliphatic carboxylic acids is 1. The quantitative estimate of drug-likeness (QED) is 0.810. The molecule has 1 aliphatic heterocycles. The Labute approximate surface area is 118 Å². The van der Waals surface area contributed by atoms with E-state index >= 15 is 0 Å². The molecule has 0 unspecified atom stereocenters. The fraction of sp³-hybridized carbons (Fsp3) is 0.818. The third-order valence-corrected chi connectivity index (χ3v) is 5.67. The van der Waals surface area contributed by atoms with E-state index in [0.717, 1.165) is 6.26 Å². The Balaban J connectivity index is 2.30. The average molecular weight is 329 g/mol. The second kappa shape index (κ2) is 4.59. The summed E-state index contributed by atoms with van der Waals surface area (Å²) in [4.78, 5) is 23.8. The van der Waals surface area contributed by atoms with Crippen LogP contribution in [0.5, 0.6) is 0 Å². The highest BCUT2D eigenvalue weighted by molar-refractivity contribution is 7.91. The van der Waals surface area contributed by atoms with Crippen molar-refractivity contribution in [1.82, 2.24) is 4.90 Å². The highest BCUT2D eigenvalue weighted by Gasteiger charge is 2.70. The number of carbonyl (C=O) groups excluding carboxylic acids is 1. The van der Waals surface area contributed by atoms with Gasteiger partial charge in [-0.3, -0.25) is 4.79 Å². The standard InChI is InChI=1S/C11H14F3NO5S/c1-21(19,20)6-4-7(8(16)17)15(5-6)9(18)10(2-3-10)11(12,13)14/h6-7H,2-5H2,1H3,(H,16,17)/t6-,7+/m1/s1. The molecule has 0 bridgehead atoms. The minimum atomic E-state index is -4.75. The van der Waals surface area contributed by atoms with Crippen LogP contribution in [0.25, 0.3) is 0 Å². The SMILES string of the molecule is CS(=O)(=O)[C@@H]1C[C@@H](C(=O)O)N(C(=O)C2(C(F)(F)F)CC2)C1. The van der Waals surface area contributed by atoms with E-state index in [-0.39, 0.29) is 19.3 Å². The number of carboxylic acids is 1. The van der Waals surface area contributed by atoms with E-state index in [0.29, 0.717) is 4.90 Å². The molecule has 10 heteroatoms. The van der Waals surface area contributed by atoms with Gasteiger partial charge < -0.3 is 10.0 Å². The smallest absolute Gasteiger partial charge is 0.403 e. The fourth-order valence-corrected chi connectivity index (χ4v) is 3.55. The summed E-state index contributed by atoms with van der Waals surface area (Å²) in [6.07, 6.45) is -5.03. The van der Waals surface area contributed by atoms with Gasteiger partial charge in [-0.2, -0.15) is 13.2 Å². The van der Waals surface area contributed by atoms with Crippen molar-refractivity contribution in [3.8, 4) is 0 Å². The number of hydrogen-bond acceptors (Lipinski definition) is 4. The number of amides is 1. The van der Waals surface area contributed by atoms with Crippen LogP contribution in [0, 0.1) is 5.41 Å². The van der Waals surface area contributed by atoms with Crippen LogP contribution in [0.4, 0.5) is 13.2 Å². The van der Waals surface area contributed by atoms with Crippen molar-refractivity contribution in [2.75, 3.05) is 12.8 Å². The zero-order valence-electron chi connectivity index (χ0n) is 11.1. The van der Waals surface area contributed by atoms with E-state index in [4.69, 9.17) is 5.11 Å². The summed E-state index contributed by atoms with van der Waals surface area (Å²) in [6.45, 7) is -0.507. The Bertz CT molecular complexity index is 581. The summed E-state index contributed by atoms with van der Waals surface area (Å²) in [6, 6.07) is -1.53. The number of alkyl halides is 3. The third-order valence-electron chi connectivity index (χ3n) is 4.12. The van der Waals surface area contributed by atoms with Gasteiger partial charge >= 0.3 is 12.1 Å². The van der Waals surface area contributed by atoms with Crippen LogP contribution in [-0.4, -0.2) is 60.6 Å². The maximum absolute atomic E-state index is 12.9. The van der Waals surface area contributed by atoms with Crippen LogP contribution in [0.1, 0.15) is 19.3 Å². The highest BCUT2D eigenvalue weighted by Crippen LogP contribution is 2.59. The van der Waals surface area contributed by atoms with Crippen LogP contribution < -0.4 is 0 Å². The Hall–Kier alpha value is -1.32. The third kappa shape index (κ3) is 2.60. The molecule has 2 atom stereocenters.